The van der Waals surface area contributed by atoms with E-state index in [9.17, 15) is 0 Å². The average Bonchev–Trinajstić information content (AvgIpc) is 2.15. The van der Waals surface area contributed by atoms with Crippen LogP contribution in [0.1, 0.15) is 19.8 Å². The Balaban J connectivity index is 2.11. The fraction of sp³-hybridized carbons (Fsp3) is 1.00. The maximum atomic E-state index is 5.64. The van der Waals surface area contributed by atoms with Crippen molar-refractivity contribution in [2.24, 2.45) is 11.7 Å². The van der Waals surface area contributed by atoms with E-state index < -0.39 is 0 Å². The Bertz CT molecular complexity index is 75.0. The Labute approximate surface area is 56.8 Å². The molecule has 2 atom stereocenters. The molecule has 0 aromatic carbocycles. The van der Waals surface area contributed by atoms with Crippen LogP contribution in [0.3, 0.4) is 0 Å². The summed E-state index contributed by atoms with van der Waals surface area (Å²) in [6.07, 6.45) is 2.51. The molecule has 1 saturated heterocycles. The minimum atomic E-state index is 0.384. The summed E-state index contributed by atoms with van der Waals surface area (Å²) < 4.78 is 0. The highest BCUT2D eigenvalue weighted by molar-refractivity contribution is 4.73. The third-order valence-corrected chi connectivity index (χ3v) is 1.87. The van der Waals surface area contributed by atoms with Crippen LogP contribution in [0.4, 0.5) is 0 Å². The van der Waals surface area contributed by atoms with E-state index in [0.717, 1.165) is 5.92 Å². The van der Waals surface area contributed by atoms with Crippen LogP contribution in [0.15, 0.2) is 0 Å². The van der Waals surface area contributed by atoms with Gasteiger partial charge in [-0.05, 0) is 38.8 Å². The predicted octanol–water partition coefficient (Wildman–Crippen LogP) is 0.333. The molecule has 1 aliphatic rings. The Kier molecular flexibility index (Phi) is 2.49. The first-order chi connectivity index (χ1) is 4.29. The highest BCUT2D eigenvalue weighted by Gasteiger charge is 2.14. The summed E-state index contributed by atoms with van der Waals surface area (Å²) in [6.45, 7) is 4.46. The van der Waals surface area contributed by atoms with Gasteiger partial charge in [0.1, 0.15) is 0 Å². The second kappa shape index (κ2) is 3.18. The number of nitrogens with two attached hydrogens (primary N) is 1. The molecule has 2 nitrogen and oxygen atoms in total. The van der Waals surface area contributed by atoms with Gasteiger partial charge in [-0.25, -0.2) is 0 Å². The van der Waals surface area contributed by atoms with Crippen LogP contribution in [0.25, 0.3) is 0 Å². The van der Waals surface area contributed by atoms with Crippen molar-refractivity contribution in [1.29, 1.82) is 0 Å². The van der Waals surface area contributed by atoms with Crippen molar-refractivity contribution in [3.8, 4) is 0 Å². The highest BCUT2D eigenvalue weighted by atomic mass is 14.9. The first-order valence-corrected chi connectivity index (χ1v) is 3.75. The molecule has 2 heteroatoms. The first kappa shape index (κ1) is 7.03. The zero-order valence-corrected chi connectivity index (χ0v) is 6.06. The van der Waals surface area contributed by atoms with Gasteiger partial charge in [-0.1, -0.05) is 0 Å². The Hall–Kier alpha value is -0.0800. The summed E-state index contributed by atoms with van der Waals surface area (Å²) in [5, 5.41) is 3.32. The van der Waals surface area contributed by atoms with Crippen molar-refractivity contribution in [2.45, 2.75) is 25.8 Å². The Morgan fingerprint density at radius 1 is 1.78 bits per heavy atom. The van der Waals surface area contributed by atoms with Gasteiger partial charge in [0, 0.05) is 6.04 Å². The SMILES string of the molecule is CC(N)C[C@H]1CCNC1. The molecule has 0 aromatic heterocycles. The predicted molar refractivity (Wildman–Crippen MR) is 39.2 cm³/mol. The van der Waals surface area contributed by atoms with Gasteiger partial charge in [0.2, 0.25) is 0 Å². The van der Waals surface area contributed by atoms with E-state index in [1.54, 1.807) is 0 Å². The fourth-order valence-electron chi connectivity index (χ4n) is 1.44. The van der Waals surface area contributed by atoms with Gasteiger partial charge in [0.25, 0.3) is 0 Å². The molecular weight excluding hydrogens is 112 g/mol. The minimum Gasteiger partial charge on any atom is -0.328 e. The zero-order valence-electron chi connectivity index (χ0n) is 6.06. The topological polar surface area (TPSA) is 38.0 Å². The molecule has 1 rings (SSSR count). The van der Waals surface area contributed by atoms with E-state index in [0.29, 0.717) is 6.04 Å². The van der Waals surface area contributed by atoms with Crippen molar-refractivity contribution in [3.05, 3.63) is 0 Å². The lowest BCUT2D eigenvalue weighted by molar-refractivity contribution is 0.481. The molecule has 0 saturated carbocycles. The van der Waals surface area contributed by atoms with Gasteiger partial charge in [0.05, 0.1) is 0 Å². The number of nitrogens with one attached hydrogen (secondary N) is 1. The monoisotopic (exact) mass is 128 g/mol. The van der Waals surface area contributed by atoms with E-state index in [4.69, 9.17) is 5.73 Å². The summed E-state index contributed by atoms with van der Waals surface area (Å²) in [7, 11) is 0. The lowest BCUT2D eigenvalue weighted by Gasteiger charge is -2.09. The molecule has 1 unspecified atom stereocenters. The van der Waals surface area contributed by atoms with E-state index in [2.05, 4.69) is 12.2 Å². The van der Waals surface area contributed by atoms with Crippen LogP contribution >= 0.6 is 0 Å². The molecule has 1 fully saturated rings. The molecule has 1 aliphatic heterocycles. The van der Waals surface area contributed by atoms with Gasteiger partial charge in [-0.2, -0.15) is 0 Å². The Morgan fingerprint density at radius 3 is 3.00 bits per heavy atom. The smallest absolute Gasteiger partial charge is 0.00136 e. The van der Waals surface area contributed by atoms with Crippen LogP contribution in [0, 0.1) is 5.92 Å². The van der Waals surface area contributed by atoms with Crippen molar-refractivity contribution >= 4 is 0 Å². The normalized spacial score (nSPS) is 30.7. The largest absolute Gasteiger partial charge is 0.328 e. The van der Waals surface area contributed by atoms with Gasteiger partial charge in [-0.3, -0.25) is 0 Å². The molecule has 0 amide bonds. The lowest BCUT2D eigenvalue weighted by Crippen LogP contribution is -2.20. The van der Waals surface area contributed by atoms with E-state index in [-0.39, 0.29) is 0 Å². The van der Waals surface area contributed by atoms with E-state index in [1.165, 1.54) is 25.9 Å². The van der Waals surface area contributed by atoms with Gasteiger partial charge < -0.3 is 11.1 Å². The molecular formula is C7H16N2. The number of hydrogen-bond donors (Lipinski definition) is 2. The average molecular weight is 128 g/mol. The van der Waals surface area contributed by atoms with Crippen molar-refractivity contribution in [3.63, 3.8) is 0 Å². The van der Waals surface area contributed by atoms with Crippen LogP contribution in [0.5, 0.6) is 0 Å². The summed E-state index contributed by atoms with van der Waals surface area (Å²) in [4.78, 5) is 0. The third-order valence-electron chi connectivity index (χ3n) is 1.87. The molecule has 0 radical (unpaired) electrons. The molecule has 0 aliphatic carbocycles. The lowest BCUT2D eigenvalue weighted by atomic mass is 10.0. The van der Waals surface area contributed by atoms with Crippen molar-refractivity contribution in [1.82, 2.24) is 5.32 Å². The fourth-order valence-corrected chi connectivity index (χ4v) is 1.44. The maximum Gasteiger partial charge on any atom is 0.00136 e. The summed E-state index contributed by atoms with van der Waals surface area (Å²) >= 11 is 0. The van der Waals surface area contributed by atoms with Crippen LogP contribution in [-0.2, 0) is 0 Å². The second-order valence-electron chi connectivity index (χ2n) is 3.07. The first-order valence-electron chi connectivity index (χ1n) is 3.75. The minimum absolute atomic E-state index is 0.384. The Morgan fingerprint density at radius 2 is 2.56 bits per heavy atom. The van der Waals surface area contributed by atoms with Crippen LogP contribution < -0.4 is 11.1 Å². The summed E-state index contributed by atoms with van der Waals surface area (Å²) in [6, 6.07) is 0.384. The van der Waals surface area contributed by atoms with Gasteiger partial charge in [0.15, 0.2) is 0 Å². The molecule has 3 N–H and O–H groups in total. The van der Waals surface area contributed by atoms with Gasteiger partial charge >= 0.3 is 0 Å². The zero-order chi connectivity index (χ0) is 6.69. The summed E-state index contributed by atoms with van der Waals surface area (Å²) in [5.41, 5.74) is 5.64. The molecule has 0 bridgehead atoms. The second-order valence-corrected chi connectivity index (χ2v) is 3.07. The van der Waals surface area contributed by atoms with E-state index in [1.807, 2.05) is 0 Å². The number of rotatable bonds is 2. The van der Waals surface area contributed by atoms with Crippen LogP contribution in [0.2, 0.25) is 0 Å². The summed E-state index contributed by atoms with van der Waals surface area (Å²) in [5.74, 6) is 0.852. The third kappa shape index (κ3) is 2.33. The van der Waals surface area contributed by atoms with Crippen molar-refractivity contribution in [2.75, 3.05) is 13.1 Å². The molecule has 0 aromatic rings. The van der Waals surface area contributed by atoms with E-state index >= 15 is 0 Å². The molecule has 1 heterocycles. The standard InChI is InChI=1S/C7H16N2/c1-6(8)4-7-2-3-9-5-7/h6-7,9H,2-5,8H2,1H3/t6?,7-/m1/s1. The number of hydrogen-bond acceptors (Lipinski definition) is 2. The highest BCUT2D eigenvalue weighted by Crippen LogP contribution is 2.12. The van der Waals surface area contributed by atoms with Gasteiger partial charge in [-0.15, -0.1) is 0 Å². The maximum absolute atomic E-state index is 5.64. The van der Waals surface area contributed by atoms with Crippen LogP contribution in [-0.4, -0.2) is 19.1 Å². The molecule has 54 valence electrons. The molecule has 9 heavy (non-hydrogen) atoms. The van der Waals surface area contributed by atoms with Crippen molar-refractivity contribution < 1.29 is 0 Å². The molecule has 0 spiro atoms. The quantitative estimate of drug-likeness (QED) is 0.562.